The fourth-order valence-corrected chi connectivity index (χ4v) is 4.05. The Morgan fingerprint density at radius 3 is 2.78 bits per heavy atom. The fourth-order valence-electron chi connectivity index (χ4n) is 2.21. The average Bonchev–Trinajstić information content (AvgIpc) is 2.28. The van der Waals surface area contributed by atoms with Gasteiger partial charge in [0.1, 0.15) is 5.82 Å². The lowest BCUT2D eigenvalue weighted by Crippen LogP contribution is -2.52. The minimum Gasteiger partial charge on any atom is -0.314 e. The van der Waals surface area contributed by atoms with Gasteiger partial charge in [-0.1, -0.05) is 0 Å². The number of aryl methyl sites for hydroxylation is 1. The Kier molecular flexibility index (Phi) is 3.70. The highest BCUT2D eigenvalue weighted by Gasteiger charge is 2.31. The molecule has 0 aromatic heterocycles. The van der Waals surface area contributed by atoms with Crippen molar-refractivity contribution in [2.75, 3.05) is 19.6 Å². The summed E-state index contributed by atoms with van der Waals surface area (Å²) in [5, 5.41) is 3.15. The van der Waals surface area contributed by atoms with Crippen LogP contribution in [0, 0.1) is 12.7 Å². The Bertz CT molecular complexity index is 545. The molecule has 1 aromatic rings. The average molecular weight is 272 g/mol. The molecule has 0 radical (unpaired) electrons. The van der Waals surface area contributed by atoms with Crippen LogP contribution in [0.25, 0.3) is 0 Å². The maximum Gasteiger partial charge on any atom is 0.243 e. The monoisotopic (exact) mass is 272 g/mol. The summed E-state index contributed by atoms with van der Waals surface area (Å²) in [6.45, 7) is 5.20. The van der Waals surface area contributed by atoms with Gasteiger partial charge in [0.05, 0.1) is 4.90 Å². The summed E-state index contributed by atoms with van der Waals surface area (Å²) < 4.78 is 39.5. The zero-order chi connectivity index (χ0) is 13.3. The molecule has 1 aliphatic rings. The molecule has 0 spiro atoms. The normalized spacial score (nSPS) is 22.1. The number of nitrogens with one attached hydrogen (secondary N) is 1. The third-order valence-electron chi connectivity index (χ3n) is 3.16. The van der Waals surface area contributed by atoms with Gasteiger partial charge < -0.3 is 5.32 Å². The highest BCUT2D eigenvalue weighted by atomic mass is 32.2. The van der Waals surface area contributed by atoms with Crippen molar-refractivity contribution in [3.63, 3.8) is 0 Å². The van der Waals surface area contributed by atoms with E-state index in [-0.39, 0.29) is 10.9 Å². The second-order valence-corrected chi connectivity index (χ2v) is 6.44. The number of piperazine rings is 1. The maximum atomic E-state index is 13.0. The van der Waals surface area contributed by atoms with Crippen LogP contribution in [0.15, 0.2) is 23.1 Å². The molecule has 1 N–H and O–H groups in total. The van der Waals surface area contributed by atoms with Gasteiger partial charge in [-0.15, -0.1) is 0 Å². The molecule has 2 rings (SSSR count). The van der Waals surface area contributed by atoms with Crippen LogP contribution < -0.4 is 5.32 Å². The minimum atomic E-state index is -3.53. The zero-order valence-corrected chi connectivity index (χ0v) is 11.3. The maximum absolute atomic E-state index is 13.0. The van der Waals surface area contributed by atoms with E-state index in [9.17, 15) is 12.8 Å². The van der Waals surface area contributed by atoms with Gasteiger partial charge in [-0.2, -0.15) is 4.31 Å². The first-order chi connectivity index (χ1) is 8.43. The Balaban J connectivity index is 2.41. The molecular formula is C12H17FN2O2S. The van der Waals surface area contributed by atoms with Crippen LogP contribution in [0.1, 0.15) is 12.5 Å². The second-order valence-electron chi connectivity index (χ2n) is 4.58. The van der Waals surface area contributed by atoms with Gasteiger partial charge in [0.2, 0.25) is 10.0 Å². The number of rotatable bonds is 2. The molecule has 1 atom stereocenters. The molecule has 100 valence electrons. The van der Waals surface area contributed by atoms with Crippen LogP contribution >= 0.6 is 0 Å². The van der Waals surface area contributed by atoms with Crippen molar-refractivity contribution in [2.24, 2.45) is 0 Å². The first-order valence-corrected chi connectivity index (χ1v) is 7.35. The summed E-state index contributed by atoms with van der Waals surface area (Å²) in [7, 11) is -3.53. The summed E-state index contributed by atoms with van der Waals surface area (Å²) in [5.41, 5.74) is 0.445. The summed E-state index contributed by atoms with van der Waals surface area (Å²) >= 11 is 0. The molecule has 1 heterocycles. The Morgan fingerprint density at radius 1 is 1.44 bits per heavy atom. The van der Waals surface area contributed by atoms with Crippen molar-refractivity contribution in [1.82, 2.24) is 9.62 Å². The van der Waals surface area contributed by atoms with E-state index < -0.39 is 15.8 Å². The molecule has 0 amide bonds. The van der Waals surface area contributed by atoms with Crippen LogP contribution in [0.4, 0.5) is 4.39 Å². The van der Waals surface area contributed by atoms with Crippen LogP contribution in [-0.2, 0) is 10.0 Å². The minimum absolute atomic E-state index is 0.0896. The number of benzene rings is 1. The van der Waals surface area contributed by atoms with Crippen molar-refractivity contribution in [1.29, 1.82) is 0 Å². The van der Waals surface area contributed by atoms with Gasteiger partial charge in [0.15, 0.2) is 0 Å². The fraction of sp³-hybridized carbons (Fsp3) is 0.500. The molecular weight excluding hydrogens is 255 g/mol. The summed E-state index contributed by atoms with van der Waals surface area (Å²) in [6, 6.07) is 3.69. The highest BCUT2D eigenvalue weighted by molar-refractivity contribution is 7.89. The number of nitrogens with zero attached hydrogens (tertiary/aromatic N) is 1. The van der Waals surface area contributed by atoms with Crippen molar-refractivity contribution in [2.45, 2.75) is 24.8 Å². The Hall–Kier alpha value is -0.980. The van der Waals surface area contributed by atoms with Crippen LogP contribution in [0.2, 0.25) is 0 Å². The van der Waals surface area contributed by atoms with Gasteiger partial charge in [-0.3, -0.25) is 0 Å². The molecule has 1 saturated heterocycles. The van der Waals surface area contributed by atoms with E-state index in [0.29, 0.717) is 25.2 Å². The smallest absolute Gasteiger partial charge is 0.243 e. The second kappa shape index (κ2) is 4.95. The van der Waals surface area contributed by atoms with Crippen molar-refractivity contribution >= 4 is 10.0 Å². The van der Waals surface area contributed by atoms with Gasteiger partial charge in [-0.05, 0) is 37.6 Å². The Morgan fingerprint density at radius 2 is 2.17 bits per heavy atom. The van der Waals surface area contributed by atoms with Crippen LogP contribution in [-0.4, -0.2) is 38.4 Å². The van der Waals surface area contributed by atoms with Crippen LogP contribution in [0.3, 0.4) is 0 Å². The van der Waals surface area contributed by atoms with E-state index in [0.717, 1.165) is 0 Å². The molecule has 18 heavy (non-hydrogen) atoms. The van der Waals surface area contributed by atoms with Gasteiger partial charge in [0.25, 0.3) is 0 Å². The number of hydrogen-bond acceptors (Lipinski definition) is 3. The van der Waals surface area contributed by atoms with Gasteiger partial charge in [-0.25, -0.2) is 12.8 Å². The van der Waals surface area contributed by atoms with Gasteiger partial charge in [0, 0.05) is 25.7 Å². The molecule has 1 aromatic carbocycles. The highest BCUT2D eigenvalue weighted by Crippen LogP contribution is 2.23. The predicted octanol–water partition coefficient (Wildman–Crippen LogP) is 1.12. The van der Waals surface area contributed by atoms with E-state index >= 15 is 0 Å². The summed E-state index contributed by atoms with van der Waals surface area (Å²) in [5.74, 6) is -0.417. The zero-order valence-electron chi connectivity index (χ0n) is 10.5. The van der Waals surface area contributed by atoms with E-state index in [1.807, 2.05) is 6.92 Å². The lowest BCUT2D eigenvalue weighted by Gasteiger charge is -2.33. The molecule has 1 aliphatic heterocycles. The first kappa shape index (κ1) is 13.5. The third kappa shape index (κ3) is 2.41. The topological polar surface area (TPSA) is 49.4 Å². The number of hydrogen-bond donors (Lipinski definition) is 1. The molecule has 1 fully saturated rings. The summed E-state index contributed by atoms with van der Waals surface area (Å²) in [6.07, 6.45) is 0. The van der Waals surface area contributed by atoms with Crippen molar-refractivity contribution in [3.05, 3.63) is 29.6 Å². The molecule has 4 nitrogen and oxygen atoms in total. The molecule has 0 aliphatic carbocycles. The standard InChI is InChI=1S/C12H17FN2O2S/c1-9-7-11(13)3-4-12(9)18(16,17)15-6-5-14-8-10(15)2/h3-4,7,10,14H,5-6,8H2,1-2H3/t10-/m1/s1. The largest absolute Gasteiger partial charge is 0.314 e. The molecule has 6 heteroatoms. The Labute approximate surface area is 107 Å². The predicted molar refractivity (Wildman–Crippen MR) is 67.4 cm³/mol. The van der Waals surface area contributed by atoms with Gasteiger partial charge >= 0.3 is 0 Å². The van der Waals surface area contributed by atoms with E-state index in [1.165, 1.54) is 22.5 Å². The van der Waals surface area contributed by atoms with Crippen LogP contribution in [0.5, 0.6) is 0 Å². The summed E-state index contributed by atoms with van der Waals surface area (Å²) in [4.78, 5) is 0.192. The third-order valence-corrected chi connectivity index (χ3v) is 5.34. The number of sulfonamides is 1. The van der Waals surface area contributed by atoms with E-state index in [2.05, 4.69) is 5.32 Å². The molecule has 0 unspecified atom stereocenters. The van der Waals surface area contributed by atoms with E-state index in [4.69, 9.17) is 0 Å². The molecule has 0 saturated carbocycles. The number of halogens is 1. The quantitative estimate of drug-likeness (QED) is 0.877. The molecule has 0 bridgehead atoms. The SMILES string of the molecule is Cc1cc(F)ccc1S(=O)(=O)N1CCNC[C@H]1C. The lowest BCUT2D eigenvalue weighted by atomic mass is 10.2. The van der Waals surface area contributed by atoms with E-state index in [1.54, 1.807) is 6.92 Å². The van der Waals surface area contributed by atoms with Crippen molar-refractivity contribution in [3.8, 4) is 0 Å². The lowest BCUT2D eigenvalue weighted by molar-refractivity contribution is 0.283. The van der Waals surface area contributed by atoms with Crippen molar-refractivity contribution < 1.29 is 12.8 Å². The first-order valence-electron chi connectivity index (χ1n) is 5.91.